The maximum absolute atomic E-state index is 12.4. The fourth-order valence-electron chi connectivity index (χ4n) is 3.04. The number of para-hydroxylation sites is 2. The Balaban J connectivity index is 1.77. The predicted molar refractivity (Wildman–Crippen MR) is 89.2 cm³/mol. The van der Waals surface area contributed by atoms with E-state index in [2.05, 4.69) is 0 Å². The molecule has 0 radical (unpaired) electrons. The highest BCUT2D eigenvalue weighted by Gasteiger charge is 2.31. The number of carbonyl (C=O) groups is 2. The molecule has 1 saturated carbocycles. The van der Waals surface area contributed by atoms with Crippen molar-refractivity contribution in [2.75, 3.05) is 27.3 Å². The van der Waals surface area contributed by atoms with Crippen LogP contribution in [-0.2, 0) is 9.59 Å². The van der Waals surface area contributed by atoms with E-state index in [-0.39, 0.29) is 17.7 Å². The van der Waals surface area contributed by atoms with Crippen LogP contribution in [-0.4, -0.2) is 49.2 Å². The maximum Gasteiger partial charge on any atom is 0.306 e. The van der Waals surface area contributed by atoms with Crippen LogP contribution in [0, 0.1) is 11.8 Å². The zero-order valence-corrected chi connectivity index (χ0v) is 14.2. The van der Waals surface area contributed by atoms with Gasteiger partial charge in [-0.15, -0.1) is 0 Å². The van der Waals surface area contributed by atoms with Crippen LogP contribution in [0.5, 0.6) is 11.5 Å². The van der Waals surface area contributed by atoms with E-state index in [4.69, 9.17) is 14.6 Å². The number of carboxylic acid groups (broad SMARTS) is 1. The van der Waals surface area contributed by atoms with Gasteiger partial charge in [-0.25, -0.2) is 0 Å². The van der Waals surface area contributed by atoms with Gasteiger partial charge in [-0.05, 0) is 37.8 Å². The molecule has 0 aliphatic heterocycles. The molecule has 132 valence electrons. The lowest BCUT2D eigenvalue weighted by Gasteiger charge is -2.29. The third-order valence-corrected chi connectivity index (χ3v) is 4.56. The van der Waals surface area contributed by atoms with Gasteiger partial charge in [0.1, 0.15) is 6.61 Å². The largest absolute Gasteiger partial charge is 0.493 e. The summed E-state index contributed by atoms with van der Waals surface area (Å²) in [6, 6.07) is 7.39. The zero-order chi connectivity index (χ0) is 17.5. The van der Waals surface area contributed by atoms with E-state index in [0.717, 1.165) is 0 Å². The summed E-state index contributed by atoms with van der Waals surface area (Å²) in [5, 5.41) is 9.02. The number of carboxylic acids is 1. The van der Waals surface area contributed by atoms with Gasteiger partial charge in [0, 0.05) is 13.0 Å². The lowest BCUT2D eigenvalue weighted by molar-refractivity contribution is -0.145. The molecule has 6 nitrogen and oxygen atoms in total. The van der Waals surface area contributed by atoms with E-state index < -0.39 is 5.97 Å². The van der Waals surface area contributed by atoms with Crippen molar-refractivity contribution in [3.63, 3.8) is 0 Å². The Kier molecular flexibility index (Phi) is 6.46. The molecule has 6 heteroatoms. The molecule has 0 saturated heterocycles. The van der Waals surface area contributed by atoms with Gasteiger partial charge >= 0.3 is 5.97 Å². The van der Waals surface area contributed by atoms with Crippen LogP contribution in [0.4, 0.5) is 0 Å². The van der Waals surface area contributed by atoms with Crippen molar-refractivity contribution in [2.24, 2.45) is 11.8 Å². The van der Waals surface area contributed by atoms with E-state index in [1.54, 1.807) is 19.1 Å². The van der Waals surface area contributed by atoms with Gasteiger partial charge in [0.05, 0.1) is 19.6 Å². The van der Waals surface area contributed by atoms with E-state index >= 15 is 0 Å². The summed E-state index contributed by atoms with van der Waals surface area (Å²) in [4.78, 5) is 25.1. The SMILES string of the molecule is COc1ccccc1OCCN(C)C(=O)C1CCC(C(=O)O)CC1. The summed E-state index contributed by atoms with van der Waals surface area (Å²) in [7, 11) is 3.35. The number of methoxy groups -OCH3 is 1. The normalized spacial score (nSPS) is 20.2. The van der Waals surface area contributed by atoms with Gasteiger partial charge in [-0.3, -0.25) is 9.59 Å². The molecule has 1 aromatic carbocycles. The highest BCUT2D eigenvalue weighted by molar-refractivity contribution is 5.79. The van der Waals surface area contributed by atoms with E-state index in [1.807, 2.05) is 24.3 Å². The van der Waals surface area contributed by atoms with E-state index in [0.29, 0.717) is 50.3 Å². The molecule has 1 N–H and O–H groups in total. The topological polar surface area (TPSA) is 76.1 Å². The van der Waals surface area contributed by atoms with Crippen molar-refractivity contribution in [3.8, 4) is 11.5 Å². The highest BCUT2D eigenvalue weighted by Crippen LogP contribution is 2.30. The van der Waals surface area contributed by atoms with Crippen molar-refractivity contribution < 1.29 is 24.2 Å². The molecule has 0 spiro atoms. The number of aliphatic carboxylic acids is 1. The first-order valence-corrected chi connectivity index (χ1v) is 8.26. The minimum Gasteiger partial charge on any atom is -0.493 e. The Morgan fingerprint density at radius 2 is 1.71 bits per heavy atom. The number of likely N-dealkylation sites (N-methyl/N-ethyl adjacent to an activating group) is 1. The van der Waals surface area contributed by atoms with Gasteiger partial charge in [-0.2, -0.15) is 0 Å². The van der Waals surface area contributed by atoms with Crippen LogP contribution >= 0.6 is 0 Å². The number of amides is 1. The second-order valence-corrected chi connectivity index (χ2v) is 6.15. The van der Waals surface area contributed by atoms with Gasteiger partial charge in [-0.1, -0.05) is 12.1 Å². The number of hydrogen-bond donors (Lipinski definition) is 1. The molecule has 1 aromatic rings. The van der Waals surface area contributed by atoms with Gasteiger partial charge < -0.3 is 19.5 Å². The molecule has 0 atom stereocenters. The summed E-state index contributed by atoms with van der Waals surface area (Å²) in [6.45, 7) is 0.864. The monoisotopic (exact) mass is 335 g/mol. The van der Waals surface area contributed by atoms with Crippen molar-refractivity contribution in [3.05, 3.63) is 24.3 Å². The standard InChI is InChI=1S/C18H25NO5/c1-19(11-12-24-16-6-4-3-5-15(16)23-2)17(20)13-7-9-14(10-8-13)18(21)22/h3-6,13-14H,7-12H2,1-2H3,(H,21,22). The van der Waals surface area contributed by atoms with Crippen molar-refractivity contribution >= 4 is 11.9 Å². The van der Waals surface area contributed by atoms with Crippen LogP contribution in [0.1, 0.15) is 25.7 Å². The minimum absolute atomic E-state index is 0.0717. The second-order valence-electron chi connectivity index (χ2n) is 6.15. The van der Waals surface area contributed by atoms with Crippen LogP contribution in [0.25, 0.3) is 0 Å². The Labute approximate surface area is 142 Å². The van der Waals surface area contributed by atoms with Gasteiger partial charge in [0.2, 0.25) is 5.91 Å². The Morgan fingerprint density at radius 3 is 2.29 bits per heavy atom. The second kappa shape index (κ2) is 8.57. The summed E-state index contributed by atoms with van der Waals surface area (Å²) < 4.78 is 10.9. The predicted octanol–water partition coefficient (Wildman–Crippen LogP) is 2.42. The Bertz CT molecular complexity index is 566. The number of rotatable bonds is 7. The van der Waals surface area contributed by atoms with Crippen LogP contribution in [0.15, 0.2) is 24.3 Å². The molecule has 0 unspecified atom stereocenters. The van der Waals surface area contributed by atoms with Crippen molar-refractivity contribution in [1.29, 1.82) is 0 Å². The lowest BCUT2D eigenvalue weighted by atomic mass is 9.81. The smallest absolute Gasteiger partial charge is 0.306 e. The highest BCUT2D eigenvalue weighted by atomic mass is 16.5. The number of benzene rings is 1. The fourth-order valence-corrected chi connectivity index (χ4v) is 3.04. The Hall–Kier alpha value is -2.24. The first-order chi connectivity index (χ1) is 11.5. The third kappa shape index (κ3) is 4.63. The molecule has 0 aromatic heterocycles. The first kappa shape index (κ1) is 18.1. The first-order valence-electron chi connectivity index (χ1n) is 8.26. The number of ether oxygens (including phenoxy) is 2. The molecule has 1 aliphatic rings. The van der Waals surface area contributed by atoms with E-state index in [9.17, 15) is 9.59 Å². The fraction of sp³-hybridized carbons (Fsp3) is 0.556. The molecular formula is C18H25NO5. The molecule has 0 heterocycles. The zero-order valence-electron chi connectivity index (χ0n) is 14.2. The maximum atomic E-state index is 12.4. The number of nitrogens with zero attached hydrogens (tertiary/aromatic N) is 1. The molecule has 0 bridgehead atoms. The molecule has 24 heavy (non-hydrogen) atoms. The Morgan fingerprint density at radius 1 is 1.12 bits per heavy atom. The van der Waals surface area contributed by atoms with Gasteiger partial charge in [0.25, 0.3) is 0 Å². The average Bonchev–Trinajstić information content (AvgIpc) is 2.61. The summed E-state index contributed by atoms with van der Waals surface area (Å²) in [5.74, 6) is 0.272. The van der Waals surface area contributed by atoms with Crippen LogP contribution in [0.2, 0.25) is 0 Å². The summed E-state index contributed by atoms with van der Waals surface area (Å²) in [5.41, 5.74) is 0. The quantitative estimate of drug-likeness (QED) is 0.828. The van der Waals surface area contributed by atoms with E-state index in [1.165, 1.54) is 0 Å². The third-order valence-electron chi connectivity index (χ3n) is 4.56. The average molecular weight is 335 g/mol. The summed E-state index contributed by atoms with van der Waals surface area (Å²) >= 11 is 0. The number of hydrogen-bond acceptors (Lipinski definition) is 4. The summed E-state index contributed by atoms with van der Waals surface area (Å²) in [6.07, 6.45) is 2.45. The minimum atomic E-state index is -0.750. The molecule has 1 amide bonds. The van der Waals surface area contributed by atoms with Crippen molar-refractivity contribution in [2.45, 2.75) is 25.7 Å². The molecule has 1 aliphatic carbocycles. The van der Waals surface area contributed by atoms with Crippen LogP contribution in [0.3, 0.4) is 0 Å². The number of carbonyl (C=O) groups excluding carboxylic acids is 1. The molecular weight excluding hydrogens is 310 g/mol. The van der Waals surface area contributed by atoms with Crippen LogP contribution < -0.4 is 9.47 Å². The van der Waals surface area contributed by atoms with Gasteiger partial charge in [0.15, 0.2) is 11.5 Å². The molecule has 1 fully saturated rings. The lowest BCUT2D eigenvalue weighted by Crippen LogP contribution is -2.38. The molecule has 2 rings (SSSR count). The van der Waals surface area contributed by atoms with Crippen molar-refractivity contribution in [1.82, 2.24) is 4.90 Å².